The Morgan fingerprint density at radius 3 is 2.62 bits per heavy atom. The molecule has 146 valence electrons. The molecule has 4 aromatic rings. The number of hydrogen-bond acceptors (Lipinski definition) is 7. The van der Waals surface area contributed by atoms with E-state index >= 15 is 0 Å². The SMILES string of the molecule is COc1ccc(NC(=O)CSc2ncnc3c2nnn3-c2ccc(F)cc2)cc1. The van der Waals surface area contributed by atoms with Crippen LogP contribution >= 0.6 is 11.8 Å². The molecule has 10 heteroatoms. The van der Waals surface area contributed by atoms with Gasteiger partial charge >= 0.3 is 0 Å². The minimum atomic E-state index is -0.341. The molecule has 0 aliphatic heterocycles. The number of aromatic nitrogens is 5. The second kappa shape index (κ2) is 8.23. The summed E-state index contributed by atoms with van der Waals surface area (Å²) in [6.07, 6.45) is 1.38. The van der Waals surface area contributed by atoms with Gasteiger partial charge in [-0.15, -0.1) is 5.10 Å². The first-order valence-corrected chi connectivity index (χ1v) is 9.51. The van der Waals surface area contributed by atoms with Crippen molar-refractivity contribution in [1.82, 2.24) is 25.0 Å². The Morgan fingerprint density at radius 1 is 1.14 bits per heavy atom. The van der Waals surface area contributed by atoms with Crippen molar-refractivity contribution in [3.05, 3.63) is 60.7 Å². The van der Waals surface area contributed by atoms with E-state index in [0.717, 1.165) is 0 Å². The Balaban J connectivity index is 1.48. The van der Waals surface area contributed by atoms with E-state index < -0.39 is 0 Å². The van der Waals surface area contributed by atoms with Crippen LogP contribution in [-0.4, -0.2) is 43.7 Å². The molecule has 0 fully saturated rings. The molecule has 0 saturated carbocycles. The molecule has 0 aliphatic carbocycles. The lowest BCUT2D eigenvalue weighted by molar-refractivity contribution is -0.113. The van der Waals surface area contributed by atoms with Gasteiger partial charge in [0.15, 0.2) is 11.2 Å². The van der Waals surface area contributed by atoms with Crippen LogP contribution in [-0.2, 0) is 4.79 Å². The van der Waals surface area contributed by atoms with Gasteiger partial charge in [0.1, 0.15) is 22.9 Å². The van der Waals surface area contributed by atoms with Gasteiger partial charge in [-0.05, 0) is 48.5 Å². The number of ether oxygens (including phenoxy) is 1. The Labute approximate surface area is 169 Å². The van der Waals surface area contributed by atoms with Gasteiger partial charge in [0.2, 0.25) is 5.91 Å². The van der Waals surface area contributed by atoms with Crippen molar-refractivity contribution in [1.29, 1.82) is 0 Å². The number of benzene rings is 2. The second-order valence-corrected chi connectivity index (χ2v) is 6.86. The van der Waals surface area contributed by atoms with Crippen LogP contribution in [0.1, 0.15) is 0 Å². The third-order valence-electron chi connectivity index (χ3n) is 3.99. The fraction of sp³-hybridized carbons (Fsp3) is 0.105. The maximum absolute atomic E-state index is 13.2. The minimum absolute atomic E-state index is 0.140. The average molecular weight is 410 g/mol. The molecule has 0 atom stereocenters. The fourth-order valence-corrected chi connectivity index (χ4v) is 3.33. The van der Waals surface area contributed by atoms with Gasteiger partial charge in [0, 0.05) is 5.69 Å². The molecule has 2 aromatic carbocycles. The first-order valence-electron chi connectivity index (χ1n) is 8.53. The molecule has 1 amide bonds. The number of methoxy groups -OCH3 is 1. The zero-order valence-electron chi connectivity index (χ0n) is 15.2. The molecule has 29 heavy (non-hydrogen) atoms. The summed E-state index contributed by atoms with van der Waals surface area (Å²) in [5, 5.41) is 11.6. The molecular formula is C19H15FN6O2S. The highest BCUT2D eigenvalue weighted by molar-refractivity contribution is 8.00. The Bertz CT molecular complexity index is 1150. The molecule has 2 heterocycles. The molecule has 0 bridgehead atoms. The van der Waals surface area contributed by atoms with Crippen LogP contribution in [0.5, 0.6) is 5.75 Å². The van der Waals surface area contributed by atoms with Crippen molar-refractivity contribution < 1.29 is 13.9 Å². The molecule has 0 radical (unpaired) electrons. The number of thioether (sulfide) groups is 1. The van der Waals surface area contributed by atoms with Crippen molar-refractivity contribution in [2.45, 2.75) is 5.03 Å². The van der Waals surface area contributed by atoms with E-state index in [-0.39, 0.29) is 17.5 Å². The molecule has 0 saturated heterocycles. The zero-order chi connectivity index (χ0) is 20.2. The highest BCUT2D eigenvalue weighted by Gasteiger charge is 2.15. The van der Waals surface area contributed by atoms with Crippen molar-refractivity contribution in [3.63, 3.8) is 0 Å². The number of hydrogen-bond donors (Lipinski definition) is 1. The normalized spacial score (nSPS) is 10.8. The predicted octanol–water partition coefficient (Wildman–Crippen LogP) is 3.09. The fourth-order valence-electron chi connectivity index (χ4n) is 2.60. The maximum Gasteiger partial charge on any atom is 0.234 e. The summed E-state index contributed by atoms with van der Waals surface area (Å²) < 4.78 is 19.8. The van der Waals surface area contributed by atoms with Gasteiger partial charge in [0.25, 0.3) is 0 Å². The van der Waals surface area contributed by atoms with Crippen LogP contribution in [0.25, 0.3) is 16.9 Å². The summed E-state index contributed by atoms with van der Waals surface area (Å²) >= 11 is 1.23. The first kappa shape index (κ1) is 18.8. The zero-order valence-corrected chi connectivity index (χ0v) is 16.1. The molecule has 1 N–H and O–H groups in total. The lowest BCUT2D eigenvalue weighted by Crippen LogP contribution is -2.14. The average Bonchev–Trinajstić information content (AvgIpc) is 3.18. The highest BCUT2D eigenvalue weighted by Crippen LogP contribution is 2.24. The molecule has 2 aromatic heterocycles. The summed E-state index contributed by atoms with van der Waals surface area (Å²) in [4.78, 5) is 20.7. The number of nitrogens with one attached hydrogen (secondary N) is 1. The van der Waals surface area contributed by atoms with E-state index in [1.54, 1.807) is 43.5 Å². The summed E-state index contributed by atoms with van der Waals surface area (Å²) in [5.41, 5.74) is 2.25. The smallest absolute Gasteiger partial charge is 0.234 e. The van der Waals surface area contributed by atoms with Crippen LogP contribution in [0.4, 0.5) is 10.1 Å². The van der Waals surface area contributed by atoms with Crippen LogP contribution in [0.3, 0.4) is 0 Å². The number of fused-ring (bicyclic) bond motifs is 1. The van der Waals surface area contributed by atoms with Crippen molar-refractivity contribution in [3.8, 4) is 11.4 Å². The number of anilines is 1. The second-order valence-electron chi connectivity index (χ2n) is 5.89. The lowest BCUT2D eigenvalue weighted by atomic mass is 10.3. The number of amides is 1. The van der Waals surface area contributed by atoms with E-state index in [0.29, 0.717) is 33.3 Å². The Kier molecular flexibility index (Phi) is 5.34. The molecule has 0 spiro atoms. The number of rotatable bonds is 6. The number of nitrogens with zero attached hydrogens (tertiary/aromatic N) is 5. The predicted molar refractivity (Wildman–Crippen MR) is 107 cm³/mol. The Morgan fingerprint density at radius 2 is 1.90 bits per heavy atom. The highest BCUT2D eigenvalue weighted by atomic mass is 32.2. The van der Waals surface area contributed by atoms with Gasteiger partial charge in [0.05, 0.1) is 18.6 Å². The number of halogens is 1. The van der Waals surface area contributed by atoms with Crippen molar-refractivity contribution in [2.75, 3.05) is 18.2 Å². The summed E-state index contributed by atoms with van der Waals surface area (Å²) in [5.74, 6) is 0.330. The van der Waals surface area contributed by atoms with Gasteiger partial charge in [-0.3, -0.25) is 4.79 Å². The number of carbonyl (C=O) groups excluding carboxylic acids is 1. The van der Waals surface area contributed by atoms with Crippen LogP contribution in [0.2, 0.25) is 0 Å². The molecule has 0 aliphatic rings. The quantitative estimate of drug-likeness (QED) is 0.385. The van der Waals surface area contributed by atoms with Crippen LogP contribution < -0.4 is 10.1 Å². The van der Waals surface area contributed by atoms with Gasteiger partial charge in [-0.2, -0.15) is 4.68 Å². The number of carbonyl (C=O) groups is 1. The van der Waals surface area contributed by atoms with Crippen molar-refractivity contribution in [2.24, 2.45) is 0 Å². The van der Waals surface area contributed by atoms with E-state index in [1.807, 2.05) is 0 Å². The molecule has 0 unspecified atom stereocenters. The summed E-state index contributed by atoms with van der Waals surface area (Å²) in [7, 11) is 1.58. The standard InChI is InChI=1S/C19H15FN6O2S/c1-28-15-8-4-13(5-9-15)23-16(27)10-29-19-17-18(21-11-22-19)26(25-24-17)14-6-2-12(20)3-7-14/h2-9,11H,10H2,1H3,(H,23,27). The minimum Gasteiger partial charge on any atom is -0.497 e. The summed E-state index contributed by atoms with van der Waals surface area (Å²) in [6, 6.07) is 12.9. The van der Waals surface area contributed by atoms with E-state index in [2.05, 4.69) is 25.6 Å². The third-order valence-corrected chi connectivity index (χ3v) is 4.97. The van der Waals surface area contributed by atoms with Crippen LogP contribution in [0, 0.1) is 5.82 Å². The molecule has 4 rings (SSSR count). The molecule has 8 nitrogen and oxygen atoms in total. The van der Waals surface area contributed by atoms with E-state index in [1.165, 1.54) is 34.9 Å². The van der Waals surface area contributed by atoms with Gasteiger partial charge in [-0.25, -0.2) is 14.4 Å². The topological polar surface area (TPSA) is 94.8 Å². The van der Waals surface area contributed by atoms with Crippen LogP contribution in [0.15, 0.2) is 59.9 Å². The summed E-state index contributed by atoms with van der Waals surface area (Å²) in [6.45, 7) is 0. The Hall–Kier alpha value is -3.53. The van der Waals surface area contributed by atoms with E-state index in [4.69, 9.17) is 4.74 Å². The monoisotopic (exact) mass is 410 g/mol. The van der Waals surface area contributed by atoms with Gasteiger partial charge < -0.3 is 10.1 Å². The van der Waals surface area contributed by atoms with E-state index in [9.17, 15) is 9.18 Å². The third kappa shape index (κ3) is 4.16. The molecular weight excluding hydrogens is 395 g/mol. The van der Waals surface area contributed by atoms with Crippen molar-refractivity contribution >= 4 is 34.5 Å². The first-order chi connectivity index (χ1) is 14.1. The largest absolute Gasteiger partial charge is 0.497 e. The maximum atomic E-state index is 13.2. The lowest BCUT2D eigenvalue weighted by Gasteiger charge is -2.06. The van der Waals surface area contributed by atoms with Gasteiger partial charge in [-0.1, -0.05) is 17.0 Å².